The van der Waals surface area contributed by atoms with Crippen LogP contribution in [0.15, 0.2) is 4.52 Å². The van der Waals surface area contributed by atoms with Gasteiger partial charge in [-0.15, -0.1) is 0 Å². The van der Waals surface area contributed by atoms with Crippen molar-refractivity contribution in [3.8, 4) is 0 Å². The van der Waals surface area contributed by atoms with Gasteiger partial charge in [-0.05, 0) is 78.5 Å². The molecule has 0 saturated heterocycles. The Kier molecular flexibility index (Phi) is 2.11. The van der Waals surface area contributed by atoms with Gasteiger partial charge < -0.3 is 4.52 Å². The number of aromatic nitrogens is 2. The Morgan fingerprint density at radius 3 is 2.18 bits per heavy atom. The topological polar surface area (TPSA) is 38.9 Å². The molecule has 4 bridgehead atoms. The summed E-state index contributed by atoms with van der Waals surface area (Å²) >= 11 is 5.73. The molecule has 92 valence electrons. The van der Waals surface area contributed by atoms with Gasteiger partial charge in [0.15, 0.2) is 0 Å². The van der Waals surface area contributed by atoms with Crippen molar-refractivity contribution in [1.82, 2.24) is 10.1 Å². The van der Waals surface area contributed by atoms with Gasteiger partial charge in [-0.1, -0.05) is 0 Å². The van der Waals surface area contributed by atoms with E-state index >= 15 is 0 Å². The molecule has 0 spiro atoms. The third kappa shape index (κ3) is 1.70. The first-order valence-corrected chi connectivity index (χ1v) is 7.07. The summed E-state index contributed by atoms with van der Waals surface area (Å²) in [5, 5.41) is 3.95. The van der Waals surface area contributed by atoms with Gasteiger partial charge in [-0.2, -0.15) is 4.98 Å². The first kappa shape index (κ1) is 10.4. The first-order chi connectivity index (χ1) is 8.21. The third-order valence-electron chi connectivity index (χ3n) is 5.13. The minimum absolute atomic E-state index is 0.254. The van der Waals surface area contributed by atoms with E-state index in [2.05, 4.69) is 10.1 Å². The van der Waals surface area contributed by atoms with Gasteiger partial charge in [-0.25, -0.2) is 0 Å². The van der Waals surface area contributed by atoms with Crippen molar-refractivity contribution < 1.29 is 4.52 Å². The molecule has 0 aliphatic heterocycles. The Balaban J connectivity index is 1.60. The third-order valence-corrected chi connectivity index (χ3v) is 5.29. The Labute approximate surface area is 106 Å². The van der Waals surface area contributed by atoms with Crippen molar-refractivity contribution in [1.29, 1.82) is 0 Å². The van der Waals surface area contributed by atoms with Gasteiger partial charge in [0.05, 0.1) is 0 Å². The van der Waals surface area contributed by atoms with Gasteiger partial charge in [0.2, 0.25) is 5.89 Å². The summed E-state index contributed by atoms with van der Waals surface area (Å²) in [5.41, 5.74) is 0.463. The lowest BCUT2D eigenvalue weighted by atomic mass is 9.49. The summed E-state index contributed by atoms with van der Waals surface area (Å²) < 4.78 is 5.21. The summed E-state index contributed by atoms with van der Waals surface area (Å²) in [6.07, 6.45) is 9.50. The molecule has 4 aliphatic carbocycles. The van der Waals surface area contributed by atoms with E-state index in [4.69, 9.17) is 16.1 Å². The molecule has 3 nitrogen and oxygen atoms in total. The maximum Gasteiger partial charge on any atom is 0.263 e. The van der Waals surface area contributed by atoms with E-state index in [-0.39, 0.29) is 5.28 Å². The average Bonchev–Trinajstić information content (AvgIpc) is 2.60. The van der Waals surface area contributed by atoms with Gasteiger partial charge in [-0.3, -0.25) is 0 Å². The van der Waals surface area contributed by atoms with E-state index in [1.807, 2.05) is 0 Å². The number of rotatable bonds is 2. The van der Waals surface area contributed by atoms with Crippen LogP contribution in [0.2, 0.25) is 5.28 Å². The highest BCUT2D eigenvalue weighted by Gasteiger charge is 2.51. The van der Waals surface area contributed by atoms with Crippen LogP contribution in [0.3, 0.4) is 0 Å². The van der Waals surface area contributed by atoms with Crippen LogP contribution >= 0.6 is 11.6 Å². The minimum atomic E-state index is 0.254. The average molecular weight is 253 g/mol. The number of hydrogen-bond acceptors (Lipinski definition) is 3. The first-order valence-electron chi connectivity index (χ1n) is 6.69. The molecule has 4 saturated carbocycles. The fraction of sp³-hybridized carbons (Fsp3) is 0.846. The van der Waals surface area contributed by atoms with E-state index in [9.17, 15) is 0 Å². The molecule has 17 heavy (non-hydrogen) atoms. The monoisotopic (exact) mass is 252 g/mol. The van der Waals surface area contributed by atoms with Gasteiger partial charge >= 0.3 is 0 Å². The van der Waals surface area contributed by atoms with Crippen LogP contribution in [0, 0.1) is 23.2 Å². The largest absolute Gasteiger partial charge is 0.338 e. The highest BCUT2D eigenvalue weighted by Crippen LogP contribution is 2.60. The molecule has 4 fully saturated rings. The van der Waals surface area contributed by atoms with E-state index in [0.29, 0.717) is 5.41 Å². The fourth-order valence-corrected chi connectivity index (χ4v) is 5.26. The molecule has 0 atom stereocenters. The zero-order chi connectivity index (χ0) is 11.5. The van der Waals surface area contributed by atoms with Crippen molar-refractivity contribution in [3.05, 3.63) is 11.2 Å². The maximum absolute atomic E-state index is 5.73. The smallest absolute Gasteiger partial charge is 0.263 e. The zero-order valence-corrected chi connectivity index (χ0v) is 10.6. The lowest BCUT2D eigenvalue weighted by molar-refractivity contribution is -0.0556. The van der Waals surface area contributed by atoms with Gasteiger partial charge in [0.25, 0.3) is 5.28 Å². The summed E-state index contributed by atoms with van der Waals surface area (Å²) in [4.78, 5) is 4.17. The molecule has 1 heterocycles. The van der Waals surface area contributed by atoms with Crippen LogP contribution in [-0.2, 0) is 6.42 Å². The van der Waals surface area contributed by atoms with Gasteiger partial charge in [0.1, 0.15) is 0 Å². The van der Waals surface area contributed by atoms with Crippen molar-refractivity contribution >= 4 is 11.6 Å². The SMILES string of the molecule is Clc1noc(CC23CC4CC(CC(C4)C2)C3)n1. The molecule has 5 rings (SSSR count). The quantitative estimate of drug-likeness (QED) is 0.809. The molecule has 0 aromatic carbocycles. The second-order valence-electron chi connectivity index (χ2n) is 6.55. The lowest BCUT2D eigenvalue weighted by Crippen LogP contribution is -2.47. The molecule has 0 radical (unpaired) electrons. The highest BCUT2D eigenvalue weighted by atomic mass is 35.5. The normalized spacial score (nSPS) is 43.2. The Hall–Kier alpha value is -0.570. The molecule has 0 unspecified atom stereocenters. The van der Waals surface area contributed by atoms with Crippen molar-refractivity contribution in [2.75, 3.05) is 0 Å². The molecule has 1 aromatic heterocycles. The maximum atomic E-state index is 5.73. The zero-order valence-electron chi connectivity index (χ0n) is 9.86. The van der Waals surface area contributed by atoms with Crippen LogP contribution in [-0.4, -0.2) is 10.1 Å². The summed E-state index contributed by atoms with van der Waals surface area (Å²) in [6, 6.07) is 0. The van der Waals surface area contributed by atoms with Crippen molar-refractivity contribution in [3.63, 3.8) is 0 Å². The molecule has 4 heteroatoms. The molecular formula is C13H17ClN2O. The summed E-state index contributed by atoms with van der Waals surface area (Å²) in [5.74, 6) is 3.66. The second kappa shape index (κ2) is 3.47. The van der Waals surface area contributed by atoms with Crippen LogP contribution in [0.25, 0.3) is 0 Å². The predicted octanol–water partition coefficient (Wildman–Crippen LogP) is 3.48. The number of hydrogen-bond donors (Lipinski definition) is 0. The van der Waals surface area contributed by atoms with Crippen molar-refractivity contribution in [2.24, 2.45) is 23.2 Å². The standard InChI is InChI=1S/C13H17ClN2O/c14-12-15-11(17-16-12)7-13-4-8-1-9(5-13)3-10(2-8)6-13/h8-10H,1-7H2. The molecular weight excluding hydrogens is 236 g/mol. The summed E-state index contributed by atoms with van der Waals surface area (Å²) in [6.45, 7) is 0. The van der Waals surface area contributed by atoms with Crippen molar-refractivity contribution in [2.45, 2.75) is 44.9 Å². The van der Waals surface area contributed by atoms with E-state index in [1.165, 1.54) is 38.5 Å². The van der Waals surface area contributed by atoms with Crippen LogP contribution in [0.4, 0.5) is 0 Å². The Bertz CT molecular complexity index is 407. The number of halogens is 1. The Morgan fingerprint density at radius 2 is 1.71 bits per heavy atom. The molecule has 0 N–H and O–H groups in total. The summed E-state index contributed by atoms with van der Waals surface area (Å²) in [7, 11) is 0. The molecule has 0 amide bonds. The highest BCUT2D eigenvalue weighted by molar-refractivity contribution is 6.28. The number of nitrogens with zero attached hydrogens (tertiary/aromatic N) is 2. The predicted molar refractivity (Wildman–Crippen MR) is 63.6 cm³/mol. The van der Waals surface area contributed by atoms with E-state index < -0.39 is 0 Å². The van der Waals surface area contributed by atoms with E-state index in [1.54, 1.807) is 0 Å². The Morgan fingerprint density at radius 1 is 1.12 bits per heavy atom. The second-order valence-corrected chi connectivity index (χ2v) is 6.89. The molecule has 4 aliphatic rings. The fourth-order valence-electron chi connectivity index (χ4n) is 5.13. The lowest BCUT2D eigenvalue weighted by Gasteiger charge is -2.56. The van der Waals surface area contributed by atoms with E-state index in [0.717, 1.165) is 30.1 Å². The van der Waals surface area contributed by atoms with Gasteiger partial charge in [0, 0.05) is 6.42 Å². The van der Waals surface area contributed by atoms with Crippen LogP contribution < -0.4 is 0 Å². The molecule has 1 aromatic rings. The van der Waals surface area contributed by atoms with Crippen LogP contribution in [0.1, 0.15) is 44.4 Å². The minimum Gasteiger partial charge on any atom is -0.338 e. The van der Waals surface area contributed by atoms with Crippen LogP contribution in [0.5, 0.6) is 0 Å².